The Balaban J connectivity index is 2.04. The lowest BCUT2D eigenvalue weighted by molar-refractivity contribution is -0.132. The zero-order valence-corrected chi connectivity index (χ0v) is 15.5. The van der Waals surface area contributed by atoms with Gasteiger partial charge in [0.2, 0.25) is 0 Å². The van der Waals surface area contributed by atoms with E-state index >= 15 is 0 Å². The summed E-state index contributed by atoms with van der Waals surface area (Å²) in [6.45, 7) is 6.07. The van der Waals surface area contributed by atoms with Crippen LogP contribution in [0.15, 0.2) is 42.5 Å². The highest BCUT2D eigenvalue weighted by Gasteiger charge is 2.15. The minimum atomic E-state index is -0.822. The molecule has 142 valence electrons. The molecule has 0 heterocycles. The summed E-state index contributed by atoms with van der Waals surface area (Å²) in [5, 5.41) is 5.00. The summed E-state index contributed by atoms with van der Waals surface area (Å²) in [5.74, 6) is -0.675. The fourth-order valence-corrected chi connectivity index (χ4v) is 2.29. The van der Waals surface area contributed by atoms with Gasteiger partial charge >= 0.3 is 11.8 Å². The third kappa shape index (κ3) is 5.57. The fourth-order valence-electron chi connectivity index (χ4n) is 2.29. The van der Waals surface area contributed by atoms with Crippen LogP contribution in [0.2, 0.25) is 0 Å². The molecular weight excluding hydrogens is 348 g/mol. The Morgan fingerprint density at radius 1 is 0.778 bits per heavy atom. The summed E-state index contributed by atoms with van der Waals surface area (Å²) in [6, 6.07) is 11.2. The van der Waals surface area contributed by atoms with E-state index in [0.29, 0.717) is 41.7 Å². The Morgan fingerprint density at radius 2 is 1.30 bits per heavy atom. The van der Waals surface area contributed by atoms with Crippen molar-refractivity contribution in [2.24, 2.45) is 0 Å². The molecule has 0 fully saturated rings. The van der Waals surface area contributed by atoms with Gasteiger partial charge in [0.15, 0.2) is 17.3 Å². The van der Waals surface area contributed by atoms with Gasteiger partial charge in [-0.05, 0) is 57.2 Å². The van der Waals surface area contributed by atoms with Crippen LogP contribution in [0.3, 0.4) is 0 Å². The third-order valence-electron chi connectivity index (χ3n) is 3.56. The van der Waals surface area contributed by atoms with Crippen molar-refractivity contribution < 1.29 is 23.9 Å². The average molecular weight is 370 g/mol. The summed E-state index contributed by atoms with van der Waals surface area (Å²) in [6.07, 6.45) is 0. The number of amides is 2. The number of ketones is 1. The Hall–Kier alpha value is -3.35. The summed E-state index contributed by atoms with van der Waals surface area (Å²) in [4.78, 5) is 35.5. The number of rotatable bonds is 7. The first-order valence-corrected chi connectivity index (χ1v) is 8.57. The molecule has 0 radical (unpaired) electrons. The predicted octanol–water partition coefficient (Wildman–Crippen LogP) is 3.26. The van der Waals surface area contributed by atoms with Crippen LogP contribution in [-0.4, -0.2) is 30.8 Å². The molecule has 27 heavy (non-hydrogen) atoms. The van der Waals surface area contributed by atoms with Crippen molar-refractivity contribution in [1.29, 1.82) is 0 Å². The molecule has 0 aliphatic carbocycles. The lowest BCUT2D eigenvalue weighted by Crippen LogP contribution is -2.29. The van der Waals surface area contributed by atoms with E-state index in [-0.39, 0.29) is 5.78 Å². The van der Waals surface area contributed by atoms with Crippen molar-refractivity contribution in [2.45, 2.75) is 20.8 Å². The number of Topliss-reactive ketones (excluding diaryl/α,β-unsaturated/α-hetero) is 1. The smallest absolute Gasteiger partial charge is 0.314 e. The Morgan fingerprint density at radius 3 is 1.85 bits per heavy atom. The first-order chi connectivity index (χ1) is 12.9. The molecule has 0 spiro atoms. The number of nitrogens with one attached hydrogen (secondary N) is 2. The van der Waals surface area contributed by atoms with Gasteiger partial charge in [-0.25, -0.2) is 0 Å². The van der Waals surface area contributed by atoms with Crippen LogP contribution in [-0.2, 0) is 9.59 Å². The average Bonchev–Trinajstić information content (AvgIpc) is 2.64. The van der Waals surface area contributed by atoms with Crippen LogP contribution < -0.4 is 20.1 Å². The standard InChI is InChI=1S/C20H22N2O5/c1-4-26-17-11-10-16(12-18(17)27-5-2)22-20(25)19(24)21-15-8-6-14(7-9-15)13(3)23/h6-12H,4-5H2,1-3H3,(H,21,24)(H,22,25). The molecule has 0 atom stereocenters. The van der Waals surface area contributed by atoms with Gasteiger partial charge in [0, 0.05) is 23.0 Å². The number of ether oxygens (including phenoxy) is 2. The molecule has 0 aliphatic heterocycles. The van der Waals surface area contributed by atoms with Crippen molar-refractivity contribution >= 4 is 29.0 Å². The van der Waals surface area contributed by atoms with Gasteiger partial charge in [-0.15, -0.1) is 0 Å². The van der Waals surface area contributed by atoms with E-state index < -0.39 is 11.8 Å². The van der Waals surface area contributed by atoms with Crippen molar-refractivity contribution in [1.82, 2.24) is 0 Å². The van der Waals surface area contributed by atoms with E-state index in [9.17, 15) is 14.4 Å². The van der Waals surface area contributed by atoms with Gasteiger partial charge < -0.3 is 20.1 Å². The maximum atomic E-state index is 12.1. The quantitative estimate of drug-likeness (QED) is 0.576. The second-order valence-corrected chi connectivity index (χ2v) is 5.57. The number of anilines is 2. The highest BCUT2D eigenvalue weighted by Crippen LogP contribution is 2.30. The van der Waals surface area contributed by atoms with Gasteiger partial charge in [0.05, 0.1) is 13.2 Å². The van der Waals surface area contributed by atoms with E-state index in [1.54, 1.807) is 42.5 Å². The molecular formula is C20H22N2O5. The molecule has 0 aliphatic rings. The topological polar surface area (TPSA) is 93.7 Å². The molecule has 2 rings (SSSR count). The van der Waals surface area contributed by atoms with Crippen LogP contribution >= 0.6 is 0 Å². The second kappa shape index (κ2) is 9.38. The summed E-state index contributed by atoms with van der Waals surface area (Å²) < 4.78 is 11.0. The first kappa shape index (κ1) is 20.0. The van der Waals surface area contributed by atoms with E-state index in [1.165, 1.54) is 6.92 Å². The molecule has 2 N–H and O–H groups in total. The van der Waals surface area contributed by atoms with Crippen LogP contribution in [0.5, 0.6) is 11.5 Å². The minimum Gasteiger partial charge on any atom is -0.490 e. The molecule has 0 saturated heterocycles. The predicted molar refractivity (Wildman–Crippen MR) is 102 cm³/mol. The zero-order chi connectivity index (χ0) is 19.8. The number of carbonyl (C=O) groups excluding carboxylic acids is 3. The van der Waals surface area contributed by atoms with Gasteiger partial charge in [0.1, 0.15) is 0 Å². The molecule has 0 aromatic heterocycles. The maximum absolute atomic E-state index is 12.1. The van der Waals surface area contributed by atoms with Crippen molar-refractivity contribution in [3.8, 4) is 11.5 Å². The Bertz CT molecular complexity index is 831. The monoisotopic (exact) mass is 370 g/mol. The molecule has 0 bridgehead atoms. The molecule has 0 unspecified atom stereocenters. The number of hydrogen-bond acceptors (Lipinski definition) is 5. The van der Waals surface area contributed by atoms with E-state index in [1.807, 2.05) is 13.8 Å². The molecule has 7 nitrogen and oxygen atoms in total. The van der Waals surface area contributed by atoms with Gasteiger partial charge in [0.25, 0.3) is 0 Å². The summed E-state index contributed by atoms with van der Waals surface area (Å²) >= 11 is 0. The minimum absolute atomic E-state index is 0.0776. The fraction of sp³-hybridized carbons (Fsp3) is 0.250. The van der Waals surface area contributed by atoms with Crippen molar-refractivity contribution in [2.75, 3.05) is 23.8 Å². The largest absolute Gasteiger partial charge is 0.490 e. The lowest BCUT2D eigenvalue weighted by Gasteiger charge is -2.13. The van der Waals surface area contributed by atoms with Crippen LogP contribution in [0.1, 0.15) is 31.1 Å². The van der Waals surface area contributed by atoms with Gasteiger partial charge in [-0.1, -0.05) is 0 Å². The first-order valence-electron chi connectivity index (χ1n) is 8.57. The zero-order valence-electron chi connectivity index (χ0n) is 15.5. The molecule has 2 aromatic carbocycles. The number of benzene rings is 2. The normalized spacial score (nSPS) is 10.0. The van der Waals surface area contributed by atoms with Crippen molar-refractivity contribution in [3.05, 3.63) is 48.0 Å². The summed E-state index contributed by atoms with van der Waals surface area (Å²) in [7, 11) is 0. The van der Waals surface area contributed by atoms with Gasteiger partial charge in [-0.2, -0.15) is 0 Å². The Labute approximate surface area is 157 Å². The van der Waals surface area contributed by atoms with Gasteiger partial charge in [-0.3, -0.25) is 14.4 Å². The van der Waals surface area contributed by atoms with E-state index in [2.05, 4.69) is 10.6 Å². The van der Waals surface area contributed by atoms with E-state index in [4.69, 9.17) is 9.47 Å². The molecule has 0 saturated carbocycles. The molecule has 2 amide bonds. The highest BCUT2D eigenvalue weighted by atomic mass is 16.5. The lowest BCUT2D eigenvalue weighted by atomic mass is 10.1. The molecule has 2 aromatic rings. The maximum Gasteiger partial charge on any atom is 0.314 e. The Kier molecular flexibility index (Phi) is 6.93. The van der Waals surface area contributed by atoms with Crippen LogP contribution in [0.25, 0.3) is 0 Å². The van der Waals surface area contributed by atoms with Crippen LogP contribution in [0.4, 0.5) is 11.4 Å². The molecule has 7 heteroatoms. The van der Waals surface area contributed by atoms with Crippen LogP contribution in [0, 0.1) is 0 Å². The second-order valence-electron chi connectivity index (χ2n) is 5.57. The van der Waals surface area contributed by atoms with E-state index in [0.717, 1.165) is 0 Å². The summed E-state index contributed by atoms with van der Waals surface area (Å²) in [5.41, 5.74) is 1.35. The van der Waals surface area contributed by atoms with Crippen molar-refractivity contribution in [3.63, 3.8) is 0 Å². The SMILES string of the molecule is CCOc1ccc(NC(=O)C(=O)Nc2ccc(C(C)=O)cc2)cc1OCC. The highest BCUT2D eigenvalue weighted by molar-refractivity contribution is 6.43. The number of hydrogen-bond donors (Lipinski definition) is 2. The third-order valence-corrected chi connectivity index (χ3v) is 3.56. The number of carbonyl (C=O) groups is 3.